The van der Waals surface area contributed by atoms with Crippen molar-refractivity contribution in [2.24, 2.45) is 10.8 Å². The van der Waals surface area contributed by atoms with Gasteiger partial charge < -0.3 is 10.2 Å². The molecular formula is C65H78BN2. The molecule has 0 atom stereocenters. The predicted octanol–water partition coefficient (Wildman–Crippen LogP) is 16.5. The van der Waals surface area contributed by atoms with E-state index in [2.05, 4.69) is 219 Å². The van der Waals surface area contributed by atoms with Gasteiger partial charge >= 0.3 is 0 Å². The molecule has 0 spiro atoms. The number of nitrogens with zero attached hydrogens (tertiary/aromatic N) is 1. The maximum atomic E-state index is 4.85. The molecule has 4 aliphatic carbocycles. The molecule has 1 heterocycles. The number of fused-ring (bicyclic) bond motifs is 8. The first-order chi connectivity index (χ1) is 31.6. The van der Waals surface area contributed by atoms with Crippen molar-refractivity contribution >= 4 is 46.5 Å². The van der Waals surface area contributed by atoms with E-state index < -0.39 is 0 Å². The molecule has 0 fully saturated rings. The highest BCUT2D eigenvalue weighted by Crippen LogP contribution is 2.56. The Morgan fingerprint density at radius 1 is 0.544 bits per heavy atom. The van der Waals surface area contributed by atoms with Gasteiger partial charge in [0.05, 0.1) is 0 Å². The zero-order valence-corrected chi connectivity index (χ0v) is 44.6. The van der Waals surface area contributed by atoms with E-state index in [9.17, 15) is 0 Å². The summed E-state index contributed by atoms with van der Waals surface area (Å²) >= 11 is 0. The fourth-order valence-corrected chi connectivity index (χ4v) is 13.0. The average molecular weight is 898 g/mol. The van der Waals surface area contributed by atoms with E-state index in [1.54, 1.807) is 0 Å². The van der Waals surface area contributed by atoms with E-state index in [1.807, 2.05) is 0 Å². The van der Waals surface area contributed by atoms with Crippen molar-refractivity contribution in [1.82, 2.24) is 0 Å². The van der Waals surface area contributed by atoms with Gasteiger partial charge in [-0.15, -0.1) is 0 Å². The Hall–Kier alpha value is -5.02. The summed E-state index contributed by atoms with van der Waals surface area (Å²) < 4.78 is 0. The number of rotatable bonds is 4. The van der Waals surface area contributed by atoms with E-state index in [4.69, 9.17) is 6.58 Å². The van der Waals surface area contributed by atoms with Crippen LogP contribution in [0.25, 0.3) is 16.7 Å². The molecule has 0 amide bonds. The SMILES string of the molecule is C=C1/C=C(/Nc2ccc3c(c2)C(C)(C)CCC3(C)C)C(c2cc(C)cc3c2[B]c2ccc4c(c2N3c2cc3c(cc2C)C(C)(C)CCC3(C)C)C(C)(C)c2ccccc2-4)=CC(C)(C)CCC1(C)C. The fraction of sp³-hybridized carbons (Fsp3) is 0.446. The number of hydrogen-bond donors (Lipinski definition) is 1. The molecule has 1 aliphatic heterocycles. The molecule has 5 aromatic rings. The molecule has 10 rings (SSSR count). The zero-order valence-electron chi connectivity index (χ0n) is 44.6. The van der Waals surface area contributed by atoms with Crippen LogP contribution >= 0.6 is 0 Å². The van der Waals surface area contributed by atoms with Gasteiger partial charge in [-0.3, -0.25) is 0 Å². The van der Waals surface area contributed by atoms with Crippen LogP contribution in [-0.2, 0) is 27.1 Å². The van der Waals surface area contributed by atoms with Gasteiger partial charge in [0, 0.05) is 39.4 Å². The van der Waals surface area contributed by atoms with Crippen molar-refractivity contribution in [3.05, 3.63) is 159 Å². The Morgan fingerprint density at radius 2 is 1.15 bits per heavy atom. The molecule has 0 saturated carbocycles. The maximum Gasteiger partial charge on any atom is 0.197 e. The van der Waals surface area contributed by atoms with E-state index in [1.165, 1.54) is 120 Å². The van der Waals surface area contributed by atoms with Crippen molar-refractivity contribution in [2.75, 3.05) is 10.2 Å². The molecular weight excluding hydrogens is 820 g/mol. The topological polar surface area (TPSA) is 15.3 Å². The van der Waals surface area contributed by atoms with Crippen molar-refractivity contribution < 1.29 is 0 Å². The molecule has 1 N–H and O–H groups in total. The predicted molar refractivity (Wildman–Crippen MR) is 296 cm³/mol. The van der Waals surface area contributed by atoms with Crippen LogP contribution in [0.1, 0.15) is 186 Å². The summed E-state index contributed by atoms with van der Waals surface area (Å²) in [4.78, 5) is 2.72. The second-order valence-electron chi connectivity index (χ2n) is 26.4. The first-order valence-electron chi connectivity index (χ1n) is 25.9. The van der Waals surface area contributed by atoms with Crippen LogP contribution in [-0.4, -0.2) is 7.28 Å². The smallest absolute Gasteiger partial charge is 0.197 e. The Labute approximate surface area is 412 Å². The minimum Gasteiger partial charge on any atom is -0.355 e. The molecule has 68 heavy (non-hydrogen) atoms. The summed E-state index contributed by atoms with van der Waals surface area (Å²) in [5.41, 5.74) is 26.4. The molecule has 351 valence electrons. The summed E-state index contributed by atoms with van der Waals surface area (Å²) in [7, 11) is 2.54. The molecule has 3 heteroatoms. The maximum absolute atomic E-state index is 4.85. The molecule has 0 bridgehead atoms. The Balaban J connectivity index is 1.24. The van der Waals surface area contributed by atoms with Crippen LogP contribution in [0, 0.1) is 24.7 Å². The third-order valence-corrected chi connectivity index (χ3v) is 18.0. The highest BCUT2D eigenvalue weighted by atomic mass is 15.2. The normalized spacial score (nSPS) is 22.5. The van der Waals surface area contributed by atoms with Gasteiger partial charge in [-0.05, 0) is 187 Å². The van der Waals surface area contributed by atoms with Crippen molar-refractivity contribution in [2.45, 2.75) is 176 Å². The molecule has 2 nitrogen and oxygen atoms in total. The lowest BCUT2D eigenvalue weighted by molar-refractivity contribution is 0.323. The van der Waals surface area contributed by atoms with Gasteiger partial charge in [-0.2, -0.15) is 0 Å². The van der Waals surface area contributed by atoms with E-state index in [0.29, 0.717) is 0 Å². The lowest BCUT2D eigenvalue weighted by Crippen LogP contribution is -2.44. The largest absolute Gasteiger partial charge is 0.355 e. The van der Waals surface area contributed by atoms with Gasteiger partial charge in [0.1, 0.15) is 0 Å². The lowest BCUT2D eigenvalue weighted by Gasteiger charge is -2.44. The van der Waals surface area contributed by atoms with Crippen molar-refractivity contribution in [1.29, 1.82) is 0 Å². The molecule has 0 unspecified atom stereocenters. The second kappa shape index (κ2) is 15.2. The van der Waals surface area contributed by atoms with Gasteiger partial charge in [-0.25, -0.2) is 0 Å². The number of aryl methyl sites for hydroxylation is 2. The van der Waals surface area contributed by atoms with E-state index in [-0.39, 0.29) is 37.9 Å². The van der Waals surface area contributed by atoms with Crippen LogP contribution in [0.15, 0.2) is 109 Å². The summed E-state index contributed by atoms with van der Waals surface area (Å²) in [6.45, 7) is 43.6. The number of anilines is 4. The van der Waals surface area contributed by atoms with Gasteiger partial charge in [0.25, 0.3) is 0 Å². The van der Waals surface area contributed by atoms with Crippen molar-refractivity contribution in [3.8, 4) is 11.1 Å². The van der Waals surface area contributed by atoms with Crippen LogP contribution < -0.4 is 21.1 Å². The molecule has 0 saturated heterocycles. The van der Waals surface area contributed by atoms with Crippen LogP contribution in [0.2, 0.25) is 0 Å². The van der Waals surface area contributed by atoms with E-state index in [0.717, 1.165) is 29.8 Å². The summed E-state index contributed by atoms with van der Waals surface area (Å²) in [5.74, 6) is 0. The number of allylic oxidation sites excluding steroid dienone is 4. The standard InChI is InChI=1S/C65H78BN2/c1-39-32-45(46-38-59(4,5)26-27-60(6,7)41(3)35-53(46)67-42-22-24-48-50(36-42)63(12,13)29-28-61(48,8)9)57-55(33-39)68(54-37-51-49(34-40(54)2)62(10,11)30-31-64(51,14)15)58-52(66-57)25-23-44-43-20-18-19-21-47(43)65(16,17)56(44)58/h18-25,32-38,67H,3,26-31H2,1-2,4-17H3/b46-38?,53-35+. The Kier molecular flexibility index (Phi) is 10.5. The fourth-order valence-electron chi connectivity index (χ4n) is 13.0. The third-order valence-electron chi connectivity index (χ3n) is 18.0. The number of benzene rings is 5. The minimum absolute atomic E-state index is 0.0593. The zero-order chi connectivity index (χ0) is 48.9. The molecule has 5 aliphatic rings. The number of nitrogens with one attached hydrogen (secondary N) is 1. The quantitative estimate of drug-likeness (QED) is 0.177. The van der Waals surface area contributed by atoms with Gasteiger partial charge in [0.15, 0.2) is 7.28 Å². The molecule has 5 aromatic carbocycles. The molecule has 0 aromatic heterocycles. The minimum atomic E-state index is -0.202. The summed E-state index contributed by atoms with van der Waals surface area (Å²) in [6.07, 6.45) is 11.9. The lowest BCUT2D eigenvalue weighted by atomic mass is 9.56. The third kappa shape index (κ3) is 7.42. The Morgan fingerprint density at radius 3 is 1.82 bits per heavy atom. The molecule has 1 radical (unpaired) electrons. The van der Waals surface area contributed by atoms with Gasteiger partial charge in [0.2, 0.25) is 0 Å². The first kappa shape index (κ1) is 46.7. The van der Waals surface area contributed by atoms with Crippen LogP contribution in [0.5, 0.6) is 0 Å². The average Bonchev–Trinajstić information content (AvgIpc) is 3.51. The Bertz CT molecular complexity index is 3030. The number of hydrogen-bond acceptors (Lipinski definition) is 2. The second-order valence-corrected chi connectivity index (χ2v) is 26.4. The highest BCUT2D eigenvalue weighted by molar-refractivity contribution is 6.73. The van der Waals surface area contributed by atoms with Crippen LogP contribution in [0.4, 0.5) is 22.7 Å². The highest BCUT2D eigenvalue weighted by Gasteiger charge is 2.44. The van der Waals surface area contributed by atoms with Crippen molar-refractivity contribution in [3.63, 3.8) is 0 Å². The summed E-state index contributed by atoms with van der Waals surface area (Å²) in [6, 6.07) is 31.3. The van der Waals surface area contributed by atoms with Crippen LogP contribution in [0.3, 0.4) is 0 Å². The first-order valence-corrected chi connectivity index (χ1v) is 25.9. The van der Waals surface area contributed by atoms with Gasteiger partial charge in [-0.1, -0.05) is 170 Å². The summed E-state index contributed by atoms with van der Waals surface area (Å²) in [5, 5.41) is 4.15. The monoisotopic (exact) mass is 898 g/mol. The van der Waals surface area contributed by atoms with E-state index >= 15 is 0 Å².